The molecule has 0 saturated carbocycles. The molecule has 0 radical (unpaired) electrons. The van der Waals surface area contributed by atoms with Crippen molar-refractivity contribution in [2.24, 2.45) is 5.73 Å². The van der Waals surface area contributed by atoms with Gasteiger partial charge >= 0.3 is 5.97 Å². The smallest absolute Gasteiger partial charge is 0.334 e. The summed E-state index contributed by atoms with van der Waals surface area (Å²) in [5.41, 5.74) is 6.06. The Bertz CT molecular complexity index is 175. The maximum atomic E-state index is 11.1. The number of hydrogen-bond acceptors (Lipinski definition) is 3. The zero-order valence-electron chi connectivity index (χ0n) is 7.96. The van der Waals surface area contributed by atoms with E-state index in [-0.39, 0.29) is 5.97 Å². The first kappa shape index (κ1) is 11.2. The molecule has 0 aromatic carbocycles. The van der Waals surface area contributed by atoms with Crippen LogP contribution in [0.5, 0.6) is 0 Å². The van der Waals surface area contributed by atoms with Gasteiger partial charge in [-0.2, -0.15) is 0 Å². The monoisotopic (exact) mass is 171 g/mol. The Labute approximate surface area is 73.6 Å². The van der Waals surface area contributed by atoms with Crippen LogP contribution >= 0.6 is 0 Å². The van der Waals surface area contributed by atoms with Crippen molar-refractivity contribution in [1.29, 1.82) is 0 Å². The Morgan fingerprint density at radius 3 is 2.58 bits per heavy atom. The normalized spacial score (nSPS) is 14.2. The largest absolute Gasteiger partial charge is 0.443 e. The second kappa shape index (κ2) is 5.77. The van der Waals surface area contributed by atoms with E-state index in [4.69, 9.17) is 10.5 Å². The highest BCUT2D eigenvalue weighted by atomic mass is 16.6. The summed E-state index contributed by atoms with van der Waals surface area (Å²) in [6.07, 6.45) is 2.83. The van der Waals surface area contributed by atoms with E-state index in [1.165, 1.54) is 0 Å². The van der Waals surface area contributed by atoms with Crippen LogP contribution in [0.1, 0.15) is 33.6 Å². The summed E-state index contributed by atoms with van der Waals surface area (Å²) in [4.78, 5) is 11.1. The highest BCUT2D eigenvalue weighted by Crippen LogP contribution is 2.01. The van der Waals surface area contributed by atoms with Gasteiger partial charge in [-0.3, -0.25) is 5.73 Å². The molecule has 1 unspecified atom stereocenters. The first-order chi connectivity index (χ1) is 5.61. The summed E-state index contributed by atoms with van der Waals surface area (Å²) in [5.74, 6) is -0.314. The Morgan fingerprint density at radius 1 is 1.58 bits per heavy atom. The highest BCUT2D eigenvalue weighted by Gasteiger charge is 2.08. The second-order valence-electron chi connectivity index (χ2n) is 2.65. The van der Waals surface area contributed by atoms with Gasteiger partial charge in [0.1, 0.15) is 0 Å². The maximum Gasteiger partial charge on any atom is 0.334 e. The van der Waals surface area contributed by atoms with Crippen LogP contribution in [0.15, 0.2) is 11.6 Å². The molecule has 0 fully saturated rings. The number of allylic oxidation sites excluding steroid dienone is 1. The minimum Gasteiger partial charge on any atom is -0.443 e. The zero-order chi connectivity index (χ0) is 9.56. The van der Waals surface area contributed by atoms with Crippen molar-refractivity contribution >= 4 is 5.97 Å². The molecule has 0 aromatic rings. The maximum absolute atomic E-state index is 11.1. The van der Waals surface area contributed by atoms with Gasteiger partial charge in [-0.25, -0.2) is 4.79 Å². The van der Waals surface area contributed by atoms with E-state index in [1.54, 1.807) is 6.92 Å². The molecule has 0 heterocycles. The molecule has 0 aliphatic rings. The number of rotatable bonds is 4. The molecule has 0 bridgehead atoms. The van der Waals surface area contributed by atoms with Crippen molar-refractivity contribution in [2.75, 3.05) is 0 Å². The van der Waals surface area contributed by atoms with Gasteiger partial charge < -0.3 is 4.74 Å². The number of hydrogen-bond donors (Lipinski definition) is 1. The lowest BCUT2D eigenvalue weighted by molar-refractivity contribution is -0.144. The quantitative estimate of drug-likeness (QED) is 0.397. The predicted octanol–water partition coefficient (Wildman–Crippen LogP) is 1.58. The lowest BCUT2D eigenvalue weighted by Crippen LogP contribution is -2.26. The van der Waals surface area contributed by atoms with Gasteiger partial charge in [-0.1, -0.05) is 19.9 Å². The molecule has 0 aromatic heterocycles. The fourth-order valence-corrected chi connectivity index (χ4v) is 0.703. The molecule has 3 heteroatoms. The molecule has 0 rings (SSSR count). The summed E-state index contributed by atoms with van der Waals surface area (Å²) in [6.45, 7) is 5.57. The van der Waals surface area contributed by atoms with Crippen molar-refractivity contribution in [3.63, 3.8) is 0 Å². The summed E-state index contributed by atoms with van der Waals surface area (Å²) in [7, 11) is 0. The summed E-state index contributed by atoms with van der Waals surface area (Å²) >= 11 is 0. The highest BCUT2D eigenvalue weighted by molar-refractivity contribution is 5.87. The van der Waals surface area contributed by atoms with Crippen LogP contribution in [0.2, 0.25) is 0 Å². The third-order valence-electron chi connectivity index (χ3n) is 1.49. The number of ether oxygens (including phenoxy) is 1. The molecule has 2 N–H and O–H groups in total. The summed E-state index contributed by atoms with van der Waals surface area (Å²) in [6, 6.07) is 0. The lowest BCUT2D eigenvalue weighted by Gasteiger charge is -2.10. The summed E-state index contributed by atoms with van der Waals surface area (Å²) in [5, 5.41) is 0. The fourth-order valence-electron chi connectivity index (χ4n) is 0.703. The van der Waals surface area contributed by atoms with E-state index < -0.39 is 6.23 Å². The molecule has 0 amide bonds. The average Bonchev–Trinajstić information content (AvgIpc) is 2.04. The van der Waals surface area contributed by atoms with Crippen LogP contribution < -0.4 is 5.73 Å². The molecule has 70 valence electrons. The zero-order valence-corrected chi connectivity index (χ0v) is 7.96. The third-order valence-corrected chi connectivity index (χ3v) is 1.49. The lowest BCUT2D eigenvalue weighted by atomic mass is 10.2. The number of carbonyl (C=O) groups excluding carboxylic acids is 1. The molecule has 1 atom stereocenters. The van der Waals surface area contributed by atoms with Gasteiger partial charge in [-0.15, -0.1) is 0 Å². The first-order valence-corrected chi connectivity index (χ1v) is 4.25. The van der Waals surface area contributed by atoms with Crippen LogP contribution in [-0.4, -0.2) is 12.2 Å². The fraction of sp³-hybridized carbons (Fsp3) is 0.667. The van der Waals surface area contributed by atoms with Crippen LogP contribution in [0, 0.1) is 0 Å². The van der Waals surface area contributed by atoms with Crippen LogP contribution in [-0.2, 0) is 9.53 Å². The topological polar surface area (TPSA) is 52.3 Å². The van der Waals surface area contributed by atoms with Crippen LogP contribution in [0.3, 0.4) is 0 Å². The Kier molecular flexibility index (Phi) is 5.37. The van der Waals surface area contributed by atoms with Crippen LogP contribution in [0.25, 0.3) is 0 Å². The molecule has 0 spiro atoms. The molecular formula is C9H17NO2. The summed E-state index contributed by atoms with van der Waals surface area (Å²) < 4.78 is 4.88. The van der Waals surface area contributed by atoms with Gasteiger partial charge in [0.2, 0.25) is 0 Å². The Morgan fingerprint density at radius 2 is 2.17 bits per heavy atom. The number of nitrogens with two attached hydrogens (primary N) is 1. The van der Waals surface area contributed by atoms with E-state index in [9.17, 15) is 4.79 Å². The van der Waals surface area contributed by atoms with Gasteiger partial charge in [0.05, 0.1) is 0 Å². The van der Waals surface area contributed by atoms with Gasteiger partial charge in [0.15, 0.2) is 6.23 Å². The van der Waals surface area contributed by atoms with E-state index in [0.29, 0.717) is 12.0 Å². The van der Waals surface area contributed by atoms with Gasteiger partial charge in [-0.05, 0) is 19.8 Å². The Hall–Kier alpha value is -0.830. The van der Waals surface area contributed by atoms with Crippen molar-refractivity contribution in [2.45, 2.75) is 39.8 Å². The minimum atomic E-state index is -0.474. The SMILES string of the molecule is CCC=C(C)C(=O)OC(N)CC. The predicted molar refractivity (Wildman–Crippen MR) is 48.4 cm³/mol. The molecule has 3 nitrogen and oxygen atoms in total. The Balaban J connectivity index is 3.95. The van der Waals surface area contributed by atoms with Crippen molar-refractivity contribution in [3.05, 3.63) is 11.6 Å². The molecule has 12 heavy (non-hydrogen) atoms. The standard InChI is InChI=1S/C9H17NO2/c1-4-6-7(3)9(11)12-8(10)5-2/h6,8H,4-5,10H2,1-3H3. The molecule has 0 aliphatic heterocycles. The van der Waals surface area contributed by atoms with E-state index in [2.05, 4.69) is 0 Å². The van der Waals surface area contributed by atoms with Crippen LogP contribution in [0.4, 0.5) is 0 Å². The molecule has 0 aliphatic carbocycles. The number of esters is 1. The molecule has 0 saturated heterocycles. The second-order valence-corrected chi connectivity index (χ2v) is 2.65. The van der Waals surface area contributed by atoms with E-state index in [0.717, 1.165) is 6.42 Å². The van der Waals surface area contributed by atoms with Gasteiger partial charge in [0, 0.05) is 5.57 Å². The third kappa shape index (κ3) is 4.13. The average molecular weight is 171 g/mol. The van der Waals surface area contributed by atoms with E-state index in [1.807, 2.05) is 19.9 Å². The van der Waals surface area contributed by atoms with Crippen molar-refractivity contribution < 1.29 is 9.53 Å². The van der Waals surface area contributed by atoms with Crippen molar-refractivity contribution in [1.82, 2.24) is 0 Å². The minimum absolute atomic E-state index is 0.314. The molecular weight excluding hydrogens is 154 g/mol. The number of carbonyl (C=O) groups is 1. The van der Waals surface area contributed by atoms with Crippen molar-refractivity contribution in [3.8, 4) is 0 Å². The van der Waals surface area contributed by atoms with E-state index >= 15 is 0 Å². The van der Waals surface area contributed by atoms with Gasteiger partial charge in [0.25, 0.3) is 0 Å². The first-order valence-electron chi connectivity index (χ1n) is 4.25.